The van der Waals surface area contributed by atoms with E-state index in [2.05, 4.69) is 15.5 Å². The third kappa shape index (κ3) is 5.33. The molecule has 42 heavy (non-hydrogen) atoms. The normalized spacial score (nSPS) is 17.1. The van der Waals surface area contributed by atoms with Gasteiger partial charge in [-0.1, -0.05) is 18.2 Å². The molecule has 3 aromatic carbocycles. The highest BCUT2D eigenvalue weighted by molar-refractivity contribution is 6.09. The van der Waals surface area contributed by atoms with Crippen LogP contribution >= 0.6 is 0 Å². The molecule has 0 unspecified atom stereocenters. The van der Waals surface area contributed by atoms with Crippen molar-refractivity contribution < 1.29 is 19.1 Å². The molecule has 0 radical (unpaired) electrons. The summed E-state index contributed by atoms with van der Waals surface area (Å²) in [7, 11) is 3.13. The van der Waals surface area contributed by atoms with Crippen molar-refractivity contribution in [3.05, 3.63) is 112 Å². The van der Waals surface area contributed by atoms with Crippen molar-refractivity contribution in [1.29, 1.82) is 0 Å². The largest absolute Gasteiger partial charge is 0.497 e. The van der Waals surface area contributed by atoms with E-state index in [0.717, 1.165) is 24.3 Å². The van der Waals surface area contributed by atoms with Crippen molar-refractivity contribution in [2.45, 2.75) is 18.9 Å². The van der Waals surface area contributed by atoms with Crippen molar-refractivity contribution >= 4 is 28.9 Å². The number of ether oxygens (including phenoxy) is 2. The molecule has 2 amide bonds. The number of piperidine rings is 1. The van der Waals surface area contributed by atoms with Crippen LogP contribution in [-0.2, 0) is 6.54 Å². The van der Waals surface area contributed by atoms with E-state index in [4.69, 9.17) is 9.47 Å². The molecule has 1 aromatic heterocycles. The first-order valence-corrected chi connectivity index (χ1v) is 13.9. The Hall–Kier alpha value is -5.05. The van der Waals surface area contributed by atoms with Crippen molar-refractivity contribution in [3.8, 4) is 11.5 Å². The summed E-state index contributed by atoms with van der Waals surface area (Å²) >= 11 is 0. The molecule has 6 rings (SSSR count). The molecule has 4 aromatic rings. The molecule has 2 bridgehead atoms. The molecular formula is C33H32N4O5. The van der Waals surface area contributed by atoms with E-state index >= 15 is 0 Å². The van der Waals surface area contributed by atoms with Crippen molar-refractivity contribution in [2.75, 3.05) is 42.8 Å². The molecule has 2 atom stereocenters. The molecular weight excluding hydrogens is 532 g/mol. The Morgan fingerprint density at radius 2 is 1.50 bits per heavy atom. The number of carbonyl (C=O) groups excluding carboxylic acids is 2. The third-order valence-corrected chi connectivity index (χ3v) is 8.03. The van der Waals surface area contributed by atoms with E-state index in [-0.39, 0.29) is 29.2 Å². The molecule has 2 N–H and O–H groups in total. The fourth-order valence-electron chi connectivity index (χ4n) is 6.03. The average Bonchev–Trinajstić information content (AvgIpc) is 3.01. The van der Waals surface area contributed by atoms with Crippen LogP contribution in [0.15, 0.2) is 89.7 Å². The summed E-state index contributed by atoms with van der Waals surface area (Å²) in [5.74, 6) is 1.06. The topological polar surface area (TPSA) is 102 Å². The predicted molar refractivity (Wildman–Crippen MR) is 162 cm³/mol. The first-order valence-electron chi connectivity index (χ1n) is 13.9. The van der Waals surface area contributed by atoms with Crippen LogP contribution in [0.1, 0.15) is 38.7 Å². The maximum atomic E-state index is 13.4. The first-order chi connectivity index (χ1) is 20.4. The summed E-state index contributed by atoms with van der Waals surface area (Å²) < 4.78 is 12.5. The molecule has 214 valence electrons. The van der Waals surface area contributed by atoms with Gasteiger partial charge in [0.25, 0.3) is 17.4 Å². The number of carbonyl (C=O) groups is 2. The highest BCUT2D eigenvalue weighted by Gasteiger charge is 2.35. The number of pyridine rings is 1. The number of amides is 2. The average molecular weight is 565 g/mol. The van der Waals surface area contributed by atoms with Gasteiger partial charge in [-0.25, -0.2) is 0 Å². The summed E-state index contributed by atoms with van der Waals surface area (Å²) in [5.41, 5.74) is 3.85. The second kappa shape index (κ2) is 11.4. The molecule has 0 spiro atoms. The summed E-state index contributed by atoms with van der Waals surface area (Å²) in [6.07, 6.45) is 1.01. The van der Waals surface area contributed by atoms with Crippen LogP contribution in [0.3, 0.4) is 0 Å². The fourth-order valence-corrected chi connectivity index (χ4v) is 6.03. The van der Waals surface area contributed by atoms with E-state index in [9.17, 15) is 14.4 Å². The van der Waals surface area contributed by atoms with Gasteiger partial charge in [0.1, 0.15) is 11.5 Å². The summed E-state index contributed by atoms with van der Waals surface area (Å²) in [6, 6.07) is 24.9. The molecule has 3 heterocycles. The Kier molecular flexibility index (Phi) is 7.39. The number of methoxy groups -OCH3 is 2. The fraction of sp³-hybridized carbons (Fsp3) is 0.242. The molecule has 1 saturated heterocycles. The van der Waals surface area contributed by atoms with Crippen molar-refractivity contribution in [3.63, 3.8) is 0 Å². The minimum Gasteiger partial charge on any atom is -0.497 e. The zero-order valence-electron chi connectivity index (χ0n) is 23.5. The third-order valence-electron chi connectivity index (χ3n) is 8.03. The van der Waals surface area contributed by atoms with E-state index in [1.54, 1.807) is 68.8 Å². The maximum Gasteiger partial charge on any atom is 0.255 e. The zero-order valence-corrected chi connectivity index (χ0v) is 23.5. The van der Waals surface area contributed by atoms with Gasteiger partial charge in [-0.15, -0.1) is 0 Å². The van der Waals surface area contributed by atoms with Gasteiger partial charge in [0.05, 0.1) is 31.3 Å². The molecule has 9 nitrogen and oxygen atoms in total. The second-order valence-electron chi connectivity index (χ2n) is 10.7. The van der Waals surface area contributed by atoms with Crippen LogP contribution in [-0.4, -0.2) is 43.7 Å². The Bertz CT molecular complexity index is 1700. The Morgan fingerprint density at radius 1 is 0.762 bits per heavy atom. The Morgan fingerprint density at radius 3 is 2.29 bits per heavy atom. The molecule has 9 heteroatoms. The van der Waals surface area contributed by atoms with Crippen LogP contribution in [0, 0.1) is 5.92 Å². The number of fused-ring (bicyclic) bond motifs is 4. The van der Waals surface area contributed by atoms with E-state index < -0.39 is 0 Å². The van der Waals surface area contributed by atoms with Gasteiger partial charge >= 0.3 is 0 Å². The highest BCUT2D eigenvalue weighted by Crippen LogP contribution is 2.39. The number of anilines is 3. The molecule has 2 aliphatic rings. The highest BCUT2D eigenvalue weighted by atomic mass is 16.5. The maximum absolute atomic E-state index is 13.4. The van der Waals surface area contributed by atoms with Crippen molar-refractivity contribution in [2.24, 2.45) is 5.92 Å². The van der Waals surface area contributed by atoms with Gasteiger partial charge < -0.3 is 29.6 Å². The van der Waals surface area contributed by atoms with Crippen LogP contribution in [0.4, 0.5) is 17.1 Å². The summed E-state index contributed by atoms with van der Waals surface area (Å²) in [5, 5.41) is 5.97. The quantitative estimate of drug-likeness (QED) is 0.328. The van der Waals surface area contributed by atoms with Crippen LogP contribution in [0.5, 0.6) is 11.5 Å². The lowest BCUT2D eigenvalue weighted by molar-refractivity contribution is 0.101. The summed E-state index contributed by atoms with van der Waals surface area (Å²) in [4.78, 5) is 41.5. The summed E-state index contributed by atoms with van der Waals surface area (Å²) in [6.45, 7) is 2.09. The SMILES string of the molecule is COc1ccc(C(=O)Nc2cc(C(=O)Nc3ccccc3OC)ccc2N2C[C@H]3C[C@@H](C2)c2cccc(=O)n2C3)cc1. The van der Waals surface area contributed by atoms with Crippen LogP contribution in [0.2, 0.25) is 0 Å². The lowest BCUT2D eigenvalue weighted by Gasteiger charge is -2.44. The number of aromatic nitrogens is 1. The zero-order chi connectivity index (χ0) is 29.2. The van der Waals surface area contributed by atoms with Gasteiger partial charge in [0.2, 0.25) is 0 Å². The van der Waals surface area contributed by atoms with Gasteiger partial charge in [-0.3, -0.25) is 14.4 Å². The molecule has 2 aliphatic heterocycles. The van der Waals surface area contributed by atoms with E-state index in [0.29, 0.717) is 47.1 Å². The number of hydrogen-bond acceptors (Lipinski definition) is 6. The number of hydrogen-bond donors (Lipinski definition) is 2. The monoisotopic (exact) mass is 564 g/mol. The van der Waals surface area contributed by atoms with E-state index in [1.807, 2.05) is 34.9 Å². The predicted octanol–water partition coefficient (Wildman–Crippen LogP) is 4.99. The number of nitrogens with one attached hydrogen (secondary N) is 2. The minimum absolute atomic E-state index is 0.0357. The van der Waals surface area contributed by atoms with Gasteiger partial charge in [-0.2, -0.15) is 0 Å². The molecule has 0 saturated carbocycles. The first kappa shape index (κ1) is 27.1. The van der Waals surface area contributed by atoms with Crippen LogP contribution < -0.4 is 30.6 Å². The minimum atomic E-state index is -0.324. The Labute approximate surface area is 243 Å². The van der Waals surface area contributed by atoms with Gasteiger partial charge in [0, 0.05) is 48.4 Å². The lowest BCUT2D eigenvalue weighted by Crippen LogP contribution is -2.47. The smallest absolute Gasteiger partial charge is 0.255 e. The van der Waals surface area contributed by atoms with Crippen molar-refractivity contribution in [1.82, 2.24) is 4.57 Å². The number of nitrogens with zero attached hydrogens (tertiary/aromatic N) is 2. The lowest BCUT2D eigenvalue weighted by atomic mass is 9.83. The Balaban J connectivity index is 1.33. The van der Waals surface area contributed by atoms with E-state index in [1.165, 1.54) is 0 Å². The standard InChI is InChI=1S/C33H32N4O5/c1-41-25-13-10-22(11-14-25)32(39)35-27-17-23(33(40)34-26-6-3-4-8-30(26)42-2)12-15-29(27)36-18-21-16-24(20-36)28-7-5-9-31(38)37(28)19-21/h3-15,17,21,24H,16,18-20H2,1-2H3,(H,34,40)(H,35,39)/t21-,24+/m1/s1. The number of benzene rings is 3. The van der Waals surface area contributed by atoms with Gasteiger partial charge in [-0.05, 0) is 73.0 Å². The number of para-hydroxylation sites is 2. The van der Waals surface area contributed by atoms with Crippen LogP contribution in [0.25, 0.3) is 0 Å². The molecule has 0 aliphatic carbocycles. The molecule has 1 fully saturated rings. The number of rotatable bonds is 7. The second-order valence-corrected chi connectivity index (χ2v) is 10.7. The van der Waals surface area contributed by atoms with Gasteiger partial charge in [0.15, 0.2) is 0 Å².